The molecule has 0 amide bonds. The minimum atomic E-state index is 0.455. The van der Waals surface area contributed by atoms with Gasteiger partial charge < -0.3 is 15.0 Å². The first-order valence-corrected chi connectivity index (χ1v) is 7.30. The van der Waals surface area contributed by atoms with E-state index in [2.05, 4.69) is 34.6 Å². The summed E-state index contributed by atoms with van der Waals surface area (Å²) in [6.45, 7) is 4.55. The molecule has 0 spiro atoms. The summed E-state index contributed by atoms with van der Waals surface area (Å²) in [5.74, 6) is 0. The summed E-state index contributed by atoms with van der Waals surface area (Å²) in [4.78, 5) is 3.60. The van der Waals surface area contributed by atoms with Gasteiger partial charge in [0.2, 0.25) is 0 Å². The lowest BCUT2D eigenvalue weighted by Crippen LogP contribution is -2.28. The van der Waals surface area contributed by atoms with Gasteiger partial charge in [-0.25, -0.2) is 0 Å². The largest absolute Gasteiger partial charge is 0.380 e. The number of rotatable bonds is 5. The summed E-state index contributed by atoms with van der Waals surface area (Å²) >= 11 is 0. The smallest absolute Gasteiger partial charge is 0.0590 e. The summed E-state index contributed by atoms with van der Waals surface area (Å²) in [6, 6.07) is 9.08. The summed E-state index contributed by atoms with van der Waals surface area (Å²) in [7, 11) is 0. The standard InChI is InChI=1S/C16H22N2O/c1-2-19-11-10-17-15-9-5-7-13-12-6-3-4-8-14(12)18-16(13)15/h3-4,6,8,15,17-18H,2,5,7,9-11H2,1H3. The van der Waals surface area contributed by atoms with Gasteiger partial charge in [0.1, 0.15) is 0 Å². The molecule has 102 valence electrons. The van der Waals surface area contributed by atoms with Crippen molar-refractivity contribution in [3.63, 3.8) is 0 Å². The molecule has 3 heteroatoms. The fourth-order valence-corrected chi connectivity index (χ4v) is 3.07. The number of para-hydroxylation sites is 1. The highest BCUT2D eigenvalue weighted by Crippen LogP contribution is 2.34. The number of aryl methyl sites for hydroxylation is 1. The summed E-state index contributed by atoms with van der Waals surface area (Å²) in [6.07, 6.45) is 3.68. The molecule has 0 radical (unpaired) electrons. The van der Waals surface area contributed by atoms with Crippen LogP contribution in [0.4, 0.5) is 0 Å². The molecule has 2 aromatic rings. The van der Waals surface area contributed by atoms with Crippen molar-refractivity contribution < 1.29 is 4.74 Å². The molecule has 0 aliphatic heterocycles. The van der Waals surface area contributed by atoms with Gasteiger partial charge in [-0.05, 0) is 37.8 Å². The van der Waals surface area contributed by atoms with Crippen LogP contribution in [-0.2, 0) is 11.2 Å². The Hall–Kier alpha value is -1.32. The molecular weight excluding hydrogens is 236 g/mol. The van der Waals surface area contributed by atoms with Crippen LogP contribution in [0.15, 0.2) is 24.3 Å². The van der Waals surface area contributed by atoms with Crippen LogP contribution < -0.4 is 5.32 Å². The van der Waals surface area contributed by atoms with Crippen LogP contribution >= 0.6 is 0 Å². The molecule has 1 unspecified atom stereocenters. The first-order valence-electron chi connectivity index (χ1n) is 7.30. The van der Waals surface area contributed by atoms with Gasteiger partial charge in [-0.2, -0.15) is 0 Å². The van der Waals surface area contributed by atoms with Crippen molar-refractivity contribution in [2.24, 2.45) is 0 Å². The second-order valence-corrected chi connectivity index (χ2v) is 5.16. The van der Waals surface area contributed by atoms with Crippen LogP contribution in [0.25, 0.3) is 10.9 Å². The van der Waals surface area contributed by atoms with E-state index in [4.69, 9.17) is 4.74 Å². The van der Waals surface area contributed by atoms with Crippen LogP contribution in [0.1, 0.15) is 37.1 Å². The van der Waals surface area contributed by atoms with E-state index >= 15 is 0 Å². The van der Waals surface area contributed by atoms with Crippen LogP contribution in [0.3, 0.4) is 0 Å². The molecule has 0 fully saturated rings. The second-order valence-electron chi connectivity index (χ2n) is 5.16. The molecule has 0 bridgehead atoms. The normalized spacial score (nSPS) is 18.7. The van der Waals surface area contributed by atoms with Crippen LogP contribution in [0.5, 0.6) is 0 Å². The molecule has 0 saturated heterocycles. The third-order valence-corrected chi connectivity index (χ3v) is 3.96. The zero-order valence-electron chi connectivity index (χ0n) is 11.5. The molecule has 1 heterocycles. The van der Waals surface area contributed by atoms with Crippen molar-refractivity contribution in [3.05, 3.63) is 35.5 Å². The summed E-state index contributed by atoms with van der Waals surface area (Å²) < 4.78 is 5.40. The van der Waals surface area contributed by atoms with Crippen molar-refractivity contribution in [2.75, 3.05) is 19.8 Å². The Kier molecular flexibility index (Phi) is 3.85. The molecule has 3 nitrogen and oxygen atoms in total. The highest BCUT2D eigenvalue weighted by molar-refractivity contribution is 5.85. The molecular formula is C16H22N2O. The van der Waals surface area contributed by atoms with Gasteiger partial charge in [0.25, 0.3) is 0 Å². The number of ether oxygens (including phenoxy) is 1. The van der Waals surface area contributed by atoms with Gasteiger partial charge in [0.15, 0.2) is 0 Å². The minimum Gasteiger partial charge on any atom is -0.380 e. The van der Waals surface area contributed by atoms with Crippen molar-refractivity contribution in [1.29, 1.82) is 0 Å². The van der Waals surface area contributed by atoms with Gasteiger partial charge in [0, 0.05) is 35.8 Å². The zero-order valence-corrected chi connectivity index (χ0v) is 11.5. The lowest BCUT2D eigenvalue weighted by Gasteiger charge is -2.23. The van der Waals surface area contributed by atoms with Crippen LogP contribution in [0, 0.1) is 0 Å². The first-order chi connectivity index (χ1) is 9.40. The number of aromatic amines is 1. The molecule has 1 aliphatic carbocycles. The maximum Gasteiger partial charge on any atom is 0.0590 e. The molecule has 19 heavy (non-hydrogen) atoms. The molecule has 1 atom stereocenters. The van der Waals surface area contributed by atoms with E-state index in [1.165, 1.54) is 41.4 Å². The predicted molar refractivity (Wildman–Crippen MR) is 78.5 cm³/mol. The fraction of sp³-hybridized carbons (Fsp3) is 0.500. The second kappa shape index (κ2) is 5.76. The number of aromatic nitrogens is 1. The Morgan fingerprint density at radius 3 is 3.16 bits per heavy atom. The van der Waals surface area contributed by atoms with Crippen LogP contribution in [-0.4, -0.2) is 24.7 Å². The number of nitrogens with one attached hydrogen (secondary N) is 2. The quantitative estimate of drug-likeness (QED) is 0.808. The lowest BCUT2D eigenvalue weighted by molar-refractivity contribution is 0.146. The molecule has 0 saturated carbocycles. The first kappa shape index (κ1) is 12.7. The van der Waals surface area contributed by atoms with Gasteiger partial charge in [-0.15, -0.1) is 0 Å². The fourth-order valence-electron chi connectivity index (χ4n) is 3.07. The van der Waals surface area contributed by atoms with Crippen molar-refractivity contribution in [1.82, 2.24) is 10.3 Å². The number of fused-ring (bicyclic) bond motifs is 3. The van der Waals surface area contributed by atoms with E-state index in [0.29, 0.717) is 6.04 Å². The van der Waals surface area contributed by atoms with Gasteiger partial charge in [-0.3, -0.25) is 0 Å². The Morgan fingerprint density at radius 1 is 1.37 bits per heavy atom. The Balaban J connectivity index is 1.79. The lowest BCUT2D eigenvalue weighted by atomic mass is 9.92. The molecule has 1 aromatic heterocycles. The molecule has 1 aromatic carbocycles. The molecule has 3 rings (SSSR count). The van der Waals surface area contributed by atoms with Gasteiger partial charge in [0.05, 0.1) is 6.61 Å². The summed E-state index contributed by atoms with van der Waals surface area (Å²) in [5, 5.41) is 5.01. The third-order valence-electron chi connectivity index (χ3n) is 3.96. The van der Waals surface area contributed by atoms with E-state index in [1.54, 1.807) is 0 Å². The SMILES string of the molecule is CCOCCNC1CCCc2c1[nH]c1ccccc21. The van der Waals surface area contributed by atoms with E-state index in [9.17, 15) is 0 Å². The number of hydrogen-bond acceptors (Lipinski definition) is 2. The number of benzene rings is 1. The van der Waals surface area contributed by atoms with E-state index < -0.39 is 0 Å². The van der Waals surface area contributed by atoms with Crippen molar-refractivity contribution >= 4 is 10.9 Å². The monoisotopic (exact) mass is 258 g/mol. The third kappa shape index (κ3) is 2.53. The van der Waals surface area contributed by atoms with Crippen molar-refractivity contribution in [3.8, 4) is 0 Å². The maximum atomic E-state index is 5.40. The minimum absolute atomic E-state index is 0.455. The Labute approximate surface area is 114 Å². The van der Waals surface area contributed by atoms with Crippen LogP contribution in [0.2, 0.25) is 0 Å². The average molecular weight is 258 g/mol. The molecule has 1 aliphatic rings. The van der Waals surface area contributed by atoms with E-state index in [0.717, 1.165) is 19.8 Å². The number of hydrogen-bond donors (Lipinski definition) is 2. The number of H-pyrrole nitrogens is 1. The van der Waals surface area contributed by atoms with Crippen molar-refractivity contribution in [2.45, 2.75) is 32.2 Å². The topological polar surface area (TPSA) is 37.0 Å². The highest BCUT2D eigenvalue weighted by Gasteiger charge is 2.23. The van der Waals surface area contributed by atoms with Gasteiger partial charge in [-0.1, -0.05) is 18.2 Å². The predicted octanol–water partition coefficient (Wildman–Crippen LogP) is 3.17. The van der Waals surface area contributed by atoms with E-state index in [1.807, 2.05) is 6.92 Å². The van der Waals surface area contributed by atoms with E-state index in [-0.39, 0.29) is 0 Å². The zero-order chi connectivity index (χ0) is 13.1. The Bertz CT molecular complexity index is 547. The summed E-state index contributed by atoms with van der Waals surface area (Å²) in [5.41, 5.74) is 4.17. The Morgan fingerprint density at radius 2 is 2.26 bits per heavy atom. The molecule has 2 N–H and O–H groups in total. The highest BCUT2D eigenvalue weighted by atomic mass is 16.5. The average Bonchev–Trinajstić information content (AvgIpc) is 2.83. The maximum absolute atomic E-state index is 5.40. The van der Waals surface area contributed by atoms with Gasteiger partial charge >= 0.3 is 0 Å².